The van der Waals surface area contributed by atoms with Crippen molar-refractivity contribution in [3.05, 3.63) is 65.0 Å². The predicted molar refractivity (Wildman–Crippen MR) is 123 cm³/mol. The molecule has 8 heteroatoms. The zero-order valence-electron chi connectivity index (χ0n) is 19.3. The van der Waals surface area contributed by atoms with E-state index in [1.807, 2.05) is 12.1 Å². The van der Waals surface area contributed by atoms with Crippen molar-refractivity contribution in [1.82, 2.24) is 15.1 Å². The topological polar surface area (TPSA) is 79.0 Å². The number of hydrogen-bond donors (Lipinski definition) is 1. The van der Waals surface area contributed by atoms with Crippen molar-refractivity contribution in [2.24, 2.45) is 5.92 Å². The Labute approximate surface area is 197 Å². The van der Waals surface area contributed by atoms with Crippen LogP contribution in [0, 0.1) is 11.7 Å². The van der Waals surface area contributed by atoms with Crippen molar-refractivity contribution >= 4 is 17.8 Å². The number of amides is 4. The van der Waals surface area contributed by atoms with Crippen LogP contribution in [0.2, 0.25) is 0 Å². The molecule has 1 aliphatic carbocycles. The van der Waals surface area contributed by atoms with Gasteiger partial charge in [0, 0.05) is 24.7 Å². The minimum absolute atomic E-state index is 0.0885. The summed E-state index contributed by atoms with van der Waals surface area (Å²) in [5.74, 6) is -1.01. The third-order valence-corrected chi connectivity index (χ3v) is 7.64. The van der Waals surface area contributed by atoms with Crippen LogP contribution >= 0.6 is 0 Å². The molecule has 7 nitrogen and oxygen atoms in total. The van der Waals surface area contributed by atoms with E-state index in [1.165, 1.54) is 35.3 Å². The normalized spacial score (nSPS) is 23.3. The monoisotopic (exact) mass is 465 g/mol. The molecule has 1 atom stereocenters. The number of halogens is 1. The van der Waals surface area contributed by atoms with E-state index in [9.17, 15) is 18.8 Å². The lowest BCUT2D eigenvalue weighted by Gasteiger charge is -2.39. The predicted octanol–water partition coefficient (Wildman–Crippen LogP) is 3.16. The number of carbonyl (C=O) groups excluding carboxylic acids is 3. The maximum atomic E-state index is 14.0. The summed E-state index contributed by atoms with van der Waals surface area (Å²) in [4.78, 5) is 42.4. The van der Waals surface area contributed by atoms with Crippen molar-refractivity contribution in [3.63, 3.8) is 0 Å². The molecule has 2 fully saturated rings. The van der Waals surface area contributed by atoms with Gasteiger partial charge in [-0.2, -0.15) is 0 Å². The van der Waals surface area contributed by atoms with E-state index in [0.717, 1.165) is 0 Å². The molecule has 0 saturated carbocycles. The molecule has 2 aromatic carbocycles. The molecule has 1 unspecified atom stereocenters. The van der Waals surface area contributed by atoms with Gasteiger partial charge in [0.05, 0.1) is 7.11 Å². The third kappa shape index (κ3) is 3.61. The molecule has 2 aromatic rings. The first-order valence-corrected chi connectivity index (χ1v) is 11.7. The van der Waals surface area contributed by atoms with E-state index in [0.29, 0.717) is 38.8 Å². The zero-order chi connectivity index (χ0) is 24.0. The Hall–Kier alpha value is -3.42. The summed E-state index contributed by atoms with van der Waals surface area (Å²) in [6.07, 6.45) is 2.50. The Morgan fingerprint density at radius 3 is 2.32 bits per heavy atom. The number of fused-ring (bicyclic) bond motifs is 1. The average Bonchev–Trinajstić information content (AvgIpc) is 3.36. The Morgan fingerprint density at radius 1 is 1.09 bits per heavy atom. The number of ether oxygens (including phenoxy) is 1. The Morgan fingerprint density at radius 2 is 1.74 bits per heavy atom. The second-order valence-electron chi connectivity index (χ2n) is 9.55. The summed E-state index contributed by atoms with van der Waals surface area (Å²) in [5.41, 5.74) is 1.64. The number of urea groups is 1. The molecule has 2 aliphatic heterocycles. The largest absolute Gasteiger partial charge is 0.494 e. The van der Waals surface area contributed by atoms with Crippen LogP contribution in [0.1, 0.15) is 41.3 Å². The molecule has 2 saturated heterocycles. The Kier molecular flexibility index (Phi) is 5.54. The first kappa shape index (κ1) is 22.4. The van der Waals surface area contributed by atoms with E-state index < -0.39 is 11.4 Å². The SMILES string of the molecule is COc1ccc(C(=O)N2CCC(C3(C)NC(=O)N(C4Cc5ccccc5C4)C3=O)CC2)cc1F. The van der Waals surface area contributed by atoms with E-state index in [-0.39, 0.29) is 41.1 Å². The lowest BCUT2D eigenvalue weighted by atomic mass is 9.78. The van der Waals surface area contributed by atoms with E-state index in [1.54, 1.807) is 17.9 Å². The summed E-state index contributed by atoms with van der Waals surface area (Å²) in [6, 6.07) is 11.7. The number of rotatable bonds is 4. The summed E-state index contributed by atoms with van der Waals surface area (Å²) in [6.45, 7) is 2.67. The van der Waals surface area contributed by atoms with Crippen LogP contribution in [0.4, 0.5) is 9.18 Å². The smallest absolute Gasteiger partial charge is 0.325 e. The van der Waals surface area contributed by atoms with Gasteiger partial charge in [-0.25, -0.2) is 9.18 Å². The first-order chi connectivity index (χ1) is 16.3. The van der Waals surface area contributed by atoms with Crippen molar-refractivity contribution < 1.29 is 23.5 Å². The molecular formula is C26H28FN3O4. The van der Waals surface area contributed by atoms with Gasteiger partial charge >= 0.3 is 6.03 Å². The van der Waals surface area contributed by atoms with Gasteiger partial charge in [0.15, 0.2) is 11.6 Å². The number of methoxy groups -OCH3 is 1. The van der Waals surface area contributed by atoms with Crippen molar-refractivity contribution in [3.8, 4) is 5.75 Å². The molecule has 1 N–H and O–H groups in total. The molecule has 0 aromatic heterocycles. The zero-order valence-corrected chi connectivity index (χ0v) is 19.3. The maximum Gasteiger partial charge on any atom is 0.325 e. The van der Waals surface area contributed by atoms with Gasteiger partial charge in [0.25, 0.3) is 11.8 Å². The highest BCUT2D eigenvalue weighted by molar-refractivity contribution is 6.07. The second-order valence-corrected chi connectivity index (χ2v) is 9.55. The quantitative estimate of drug-likeness (QED) is 0.704. The van der Waals surface area contributed by atoms with Crippen LogP contribution in [-0.2, 0) is 17.6 Å². The molecule has 2 heterocycles. The second kappa shape index (κ2) is 8.42. The van der Waals surface area contributed by atoms with Crippen LogP contribution in [0.15, 0.2) is 42.5 Å². The molecule has 0 radical (unpaired) electrons. The van der Waals surface area contributed by atoms with E-state index >= 15 is 0 Å². The fraction of sp³-hybridized carbons (Fsp3) is 0.423. The van der Waals surface area contributed by atoms with Crippen LogP contribution in [0.5, 0.6) is 5.75 Å². The van der Waals surface area contributed by atoms with Gasteiger partial charge in [-0.1, -0.05) is 24.3 Å². The van der Waals surface area contributed by atoms with Gasteiger partial charge in [-0.3, -0.25) is 14.5 Å². The van der Waals surface area contributed by atoms with Crippen molar-refractivity contribution in [1.29, 1.82) is 0 Å². The van der Waals surface area contributed by atoms with Crippen molar-refractivity contribution in [2.75, 3.05) is 20.2 Å². The summed E-state index contributed by atoms with van der Waals surface area (Å²) in [5, 5.41) is 2.97. The number of piperidine rings is 1. The average molecular weight is 466 g/mol. The maximum absolute atomic E-state index is 14.0. The van der Waals surface area contributed by atoms with Gasteiger partial charge in [0.2, 0.25) is 0 Å². The highest BCUT2D eigenvalue weighted by Gasteiger charge is 2.55. The van der Waals surface area contributed by atoms with Gasteiger partial charge in [0.1, 0.15) is 5.54 Å². The van der Waals surface area contributed by atoms with Gasteiger partial charge in [-0.15, -0.1) is 0 Å². The molecular weight excluding hydrogens is 437 g/mol. The fourth-order valence-corrected chi connectivity index (χ4v) is 5.65. The summed E-state index contributed by atoms with van der Waals surface area (Å²) >= 11 is 0. The third-order valence-electron chi connectivity index (χ3n) is 7.64. The first-order valence-electron chi connectivity index (χ1n) is 11.7. The van der Waals surface area contributed by atoms with Crippen LogP contribution in [0.3, 0.4) is 0 Å². The highest BCUT2D eigenvalue weighted by atomic mass is 19.1. The number of likely N-dealkylation sites (tertiary alicyclic amines) is 1. The van der Waals surface area contributed by atoms with Gasteiger partial charge in [-0.05, 0) is 67.9 Å². The van der Waals surface area contributed by atoms with Crippen molar-refractivity contribution in [2.45, 2.75) is 44.2 Å². The fourth-order valence-electron chi connectivity index (χ4n) is 5.65. The minimum Gasteiger partial charge on any atom is -0.494 e. The molecule has 0 spiro atoms. The van der Waals surface area contributed by atoms with Crippen LogP contribution in [0.25, 0.3) is 0 Å². The lowest BCUT2D eigenvalue weighted by Crippen LogP contribution is -2.55. The number of imide groups is 1. The molecule has 5 rings (SSSR count). The highest BCUT2D eigenvalue weighted by Crippen LogP contribution is 2.37. The van der Waals surface area contributed by atoms with Crippen LogP contribution in [-0.4, -0.2) is 59.4 Å². The van der Waals surface area contributed by atoms with Gasteiger partial charge < -0.3 is 15.0 Å². The number of nitrogens with zero attached hydrogens (tertiary/aromatic N) is 2. The van der Waals surface area contributed by atoms with Crippen LogP contribution < -0.4 is 10.1 Å². The Bertz CT molecular complexity index is 1140. The standard InChI is InChI=1S/C26H28FN3O4/c1-26(24(32)30(25(33)28-26)20-13-16-5-3-4-6-17(16)14-20)19-9-11-29(12-10-19)23(31)18-7-8-22(34-2)21(27)15-18/h3-8,15,19-20H,9-14H2,1-2H3,(H,28,33). The number of benzene rings is 2. The molecule has 178 valence electrons. The molecule has 4 amide bonds. The minimum atomic E-state index is -0.993. The number of nitrogens with one attached hydrogen (secondary N) is 1. The molecule has 3 aliphatic rings. The number of hydrogen-bond acceptors (Lipinski definition) is 4. The lowest BCUT2D eigenvalue weighted by molar-refractivity contribution is -0.134. The van der Waals surface area contributed by atoms with E-state index in [4.69, 9.17) is 4.74 Å². The molecule has 34 heavy (non-hydrogen) atoms. The summed E-state index contributed by atoms with van der Waals surface area (Å²) in [7, 11) is 1.38. The summed E-state index contributed by atoms with van der Waals surface area (Å²) < 4.78 is 19.0. The molecule has 0 bridgehead atoms. The number of carbonyl (C=O) groups is 3. The van der Waals surface area contributed by atoms with E-state index in [2.05, 4.69) is 17.4 Å². The Balaban J connectivity index is 1.25.